The van der Waals surface area contributed by atoms with Gasteiger partial charge in [-0.05, 0) is 42.6 Å². The minimum atomic E-state index is -4.02. The molecule has 0 fully saturated rings. The summed E-state index contributed by atoms with van der Waals surface area (Å²) < 4.78 is 33.8. The predicted molar refractivity (Wildman–Crippen MR) is 129 cm³/mol. The van der Waals surface area contributed by atoms with Gasteiger partial charge in [-0.1, -0.05) is 54.1 Å². The summed E-state index contributed by atoms with van der Waals surface area (Å²) >= 11 is 0. The summed E-state index contributed by atoms with van der Waals surface area (Å²) in [5, 5.41) is 14.8. The third-order valence-corrected chi connectivity index (χ3v) is 6.56. The summed E-state index contributed by atoms with van der Waals surface area (Å²) in [5.74, 6) is -0.637. The van der Waals surface area contributed by atoms with Gasteiger partial charge in [-0.15, -0.1) is 0 Å². The van der Waals surface area contributed by atoms with E-state index in [-0.39, 0.29) is 16.1 Å². The Balaban J connectivity index is 1.79. The standard InChI is InChI=1S/C25H22N2O5S/c1-16-11-13-18(14-12-16)33(30,31)27-23-19-8-4-3-7-17(19)15-20(24(23)28)25(29)26-21-9-5-6-10-22(21)32-2/h3-15,27-28H,1-2H3,(H,26,29). The number of amides is 1. The van der Waals surface area contributed by atoms with Crippen molar-refractivity contribution in [1.82, 2.24) is 0 Å². The Morgan fingerprint density at radius 3 is 2.33 bits per heavy atom. The molecule has 168 valence electrons. The van der Waals surface area contributed by atoms with Crippen molar-refractivity contribution >= 4 is 38.1 Å². The molecule has 0 atom stereocenters. The molecule has 7 nitrogen and oxygen atoms in total. The number of para-hydroxylation sites is 2. The maximum absolute atomic E-state index is 13.1. The molecule has 0 saturated carbocycles. The lowest BCUT2D eigenvalue weighted by Crippen LogP contribution is -2.16. The van der Waals surface area contributed by atoms with Gasteiger partial charge >= 0.3 is 0 Å². The quantitative estimate of drug-likeness (QED) is 0.353. The number of rotatable bonds is 6. The first kappa shape index (κ1) is 22.2. The van der Waals surface area contributed by atoms with E-state index < -0.39 is 21.7 Å². The smallest absolute Gasteiger partial charge is 0.262 e. The fourth-order valence-corrected chi connectivity index (χ4v) is 4.55. The van der Waals surface area contributed by atoms with Crippen molar-refractivity contribution in [3.8, 4) is 11.5 Å². The second kappa shape index (κ2) is 8.84. The Kier molecular flexibility index (Phi) is 5.93. The van der Waals surface area contributed by atoms with Gasteiger partial charge in [-0.2, -0.15) is 0 Å². The third kappa shape index (κ3) is 4.47. The van der Waals surface area contributed by atoms with Crippen LogP contribution in [0.4, 0.5) is 11.4 Å². The third-order valence-electron chi connectivity index (χ3n) is 5.19. The van der Waals surface area contributed by atoms with E-state index >= 15 is 0 Å². The van der Waals surface area contributed by atoms with Gasteiger partial charge in [0.15, 0.2) is 5.75 Å². The topological polar surface area (TPSA) is 105 Å². The van der Waals surface area contributed by atoms with E-state index in [1.165, 1.54) is 25.3 Å². The van der Waals surface area contributed by atoms with E-state index in [1.54, 1.807) is 60.7 Å². The SMILES string of the molecule is COc1ccccc1NC(=O)c1cc2ccccc2c(NS(=O)(=O)c2ccc(C)cc2)c1O. The second-order valence-electron chi connectivity index (χ2n) is 7.44. The lowest BCUT2D eigenvalue weighted by atomic mass is 10.0. The zero-order valence-corrected chi connectivity index (χ0v) is 18.8. The van der Waals surface area contributed by atoms with Crippen LogP contribution in [0, 0.1) is 6.92 Å². The lowest BCUT2D eigenvalue weighted by molar-refractivity contribution is 0.102. The summed E-state index contributed by atoms with van der Waals surface area (Å²) in [6.45, 7) is 1.85. The van der Waals surface area contributed by atoms with Crippen molar-refractivity contribution in [3.05, 3.63) is 90.0 Å². The molecule has 0 spiro atoms. The zero-order valence-electron chi connectivity index (χ0n) is 18.0. The number of phenols is 1. The van der Waals surface area contributed by atoms with Crippen LogP contribution in [-0.4, -0.2) is 26.5 Å². The van der Waals surface area contributed by atoms with Gasteiger partial charge < -0.3 is 15.2 Å². The van der Waals surface area contributed by atoms with E-state index in [0.29, 0.717) is 22.2 Å². The van der Waals surface area contributed by atoms with Crippen molar-refractivity contribution < 1.29 is 23.1 Å². The number of ether oxygens (including phenoxy) is 1. The molecule has 4 rings (SSSR count). The van der Waals surface area contributed by atoms with Crippen LogP contribution in [-0.2, 0) is 10.0 Å². The first-order valence-electron chi connectivity index (χ1n) is 10.1. The first-order chi connectivity index (χ1) is 15.8. The largest absolute Gasteiger partial charge is 0.505 e. The van der Waals surface area contributed by atoms with Gasteiger partial charge in [0.2, 0.25) is 0 Å². The van der Waals surface area contributed by atoms with Crippen LogP contribution >= 0.6 is 0 Å². The highest BCUT2D eigenvalue weighted by Crippen LogP contribution is 2.38. The fraction of sp³-hybridized carbons (Fsp3) is 0.0800. The van der Waals surface area contributed by atoms with E-state index in [4.69, 9.17) is 4.74 Å². The molecule has 4 aromatic rings. The number of methoxy groups -OCH3 is 1. The van der Waals surface area contributed by atoms with Gasteiger partial charge in [0.1, 0.15) is 5.75 Å². The number of carbonyl (C=O) groups excluding carboxylic acids is 1. The molecule has 0 aliphatic carbocycles. The van der Waals surface area contributed by atoms with Gasteiger partial charge in [0, 0.05) is 5.39 Å². The molecule has 0 aliphatic heterocycles. The molecule has 0 aliphatic rings. The van der Waals surface area contributed by atoms with Crippen molar-refractivity contribution in [2.45, 2.75) is 11.8 Å². The van der Waals surface area contributed by atoms with Gasteiger partial charge in [0.25, 0.3) is 15.9 Å². The summed E-state index contributed by atoms with van der Waals surface area (Å²) in [4.78, 5) is 13.1. The van der Waals surface area contributed by atoms with E-state index in [1.807, 2.05) is 6.92 Å². The minimum absolute atomic E-state index is 0.0421. The number of benzene rings is 4. The molecule has 1 amide bonds. The molecule has 33 heavy (non-hydrogen) atoms. The van der Waals surface area contributed by atoms with Crippen molar-refractivity contribution in [3.63, 3.8) is 0 Å². The lowest BCUT2D eigenvalue weighted by Gasteiger charge is -2.16. The van der Waals surface area contributed by atoms with E-state index in [2.05, 4.69) is 10.0 Å². The molecule has 3 N–H and O–H groups in total. The number of phenolic OH excluding ortho intramolecular Hbond substituents is 1. The average Bonchev–Trinajstić information content (AvgIpc) is 2.81. The Morgan fingerprint density at radius 2 is 1.61 bits per heavy atom. The molecular weight excluding hydrogens is 440 g/mol. The van der Waals surface area contributed by atoms with E-state index in [0.717, 1.165) is 5.56 Å². The Morgan fingerprint density at radius 1 is 0.939 bits per heavy atom. The molecule has 0 aromatic heterocycles. The Labute approximate surface area is 191 Å². The number of nitrogens with one attached hydrogen (secondary N) is 2. The molecular formula is C25H22N2O5S. The summed E-state index contributed by atoms with van der Waals surface area (Å²) in [7, 11) is -2.54. The number of hydrogen-bond donors (Lipinski definition) is 3. The molecule has 0 radical (unpaired) electrons. The van der Waals surface area contributed by atoms with Gasteiger partial charge in [-0.3, -0.25) is 9.52 Å². The molecule has 0 heterocycles. The summed E-state index contributed by atoms with van der Waals surface area (Å²) in [5.41, 5.74) is 1.18. The van der Waals surface area contributed by atoms with Crippen LogP contribution in [0.2, 0.25) is 0 Å². The van der Waals surface area contributed by atoms with Crippen molar-refractivity contribution in [2.75, 3.05) is 17.1 Å². The molecule has 0 unspecified atom stereocenters. The number of aryl methyl sites for hydroxylation is 1. The number of sulfonamides is 1. The van der Waals surface area contributed by atoms with Crippen LogP contribution in [0.1, 0.15) is 15.9 Å². The molecule has 0 bridgehead atoms. The maximum Gasteiger partial charge on any atom is 0.262 e. The number of aromatic hydroxyl groups is 1. The Hall–Kier alpha value is -4.04. The number of hydrogen-bond acceptors (Lipinski definition) is 5. The van der Waals surface area contributed by atoms with Gasteiger partial charge in [0.05, 0.1) is 28.9 Å². The van der Waals surface area contributed by atoms with Crippen molar-refractivity contribution in [2.24, 2.45) is 0 Å². The average molecular weight is 463 g/mol. The minimum Gasteiger partial charge on any atom is -0.505 e. The molecule has 8 heteroatoms. The summed E-state index contributed by atoms with van der Waals surface area (Å²) in [6.07, 6.45) is 0. The van der Waals surface area contributed by atoms with Crippen molar-refractivity contribution in [1.29, 1.82) is 0 Å². The number of fused-ring (bicyclic) bond motifs is 1. The number of anilines is 2. The molecule has 0 saturated heterocycles. The van der Waals surface area contributed by atoms with Crippen LogP contribution < -0.4 is 14.8 Å². The molecule has 4 aromatic carbocycles. The van der Waals surface area contributed by atoms with Crippen LogP contribution in [0.15, 0.2) is 83.8 Å². The van der Waals surface area contributed by atoms with Crippen LogP contribution in [0.3, 0.4) is 0 Å². The second-order valence-corrected chi connectivity index (χ2v) is 9.12. The maximum atomic E-state index is 13.1. The fourth-order valence-electron chi connectivity index (χ4n) is 3.46. The number of carbonyl (C=O) groups is 1. The highest BCUT2D eigenvalue weighted by atomic mass is 32.2. The van der Waals surface area contributed by atoms with Crippen LogP contribution in [0.25, 0.3) is 10.8 Å². The normalized spacial score (nSPS) is 11.2. The predicted octanol–water partition coefficient (Wildman–Crippen LogP) is 4.92. The highest BCUT2D eigenvalue weighted by Gasteiger charge is 2.23. The zero-order chi connectivity index (χ0) is 23.6. The Bertz CT molecular complexity index is 1450. The highest BCUT2D eigenvalue weighted by molar-refractivity contribution is 7.92. The van der Waals surface area contributed by atoms with Crippen LogP contribution in [0.5, 0.6) is 11.5 Å². The summed E-state index contributed by atoms with van der Waals surface area (Å²) in [6, 6.07) is 21.6. The first-order valence-corrected chi connectivity index (χ1v) is 11.6. The monoisotopic (exact) mass is 462 g/mol. The van der Waals surface area contributed by atoms with E-state index in [9.17, 15) is 18.3 Å². The van der Waals surface area contributed by atoms with Gasteiger partial charge in [-0.25, -0.2) is 8.42 Å².